The minimum Gasteiger partial charge on any atom is -0.123 e. The van der Waals surface area contributed by atoms with Crippen molar-refractivity contribution in [3.63, 3.8) is 0 Å². The molecular formula is C5H7BrCl2. The highest BCUT2D eigenvalue weighted by Gasteiger charge is 2.29. The zero-order chi connectivity index (χ0) is 6.15. The van der Waals surface area contributed by atoms with Gasteiger partial charge >= 0.3 is 0 Å². The number of hydrogen-bond donors (Lipinski definition) is 0. The van der Waals surface area contributed by atoms with E-state index in [1.54, 1.807) is 0 Å². The van der Waals surface area contributed by atoms with Gasteiger partial charge in [0.1, 0.15) is 0 Å². The summed E-state index contributed by atoms with van der Waals surface area (Å²) in [5.74, 6) is 0. The zero-order valence-electron chi connectivity index (χ0n) is 4.28. The van der Waals surface area contributed by atoms with Crippen molar-refractivity contribution in [2.24, 2.45) is 0 Å². The lowest BCUT2D eigenvalue weighted by molar-refractivity contribution is 0.899. The third kappa shape index (κ3) is 1.52. The Morgan fingerprint density at radius 1 is 1.25 bits per heavy atom. The van der Waals surface area contributed by atoms with Gasteiger partial charge in [-0.3, -0.25) is 0 Å². The monoisotopic (exact) mass is 216 g/mol. The van der Waals surface area contributed by atoms with Crippen LogP contribution in [0.1, 0.15) is 12.8 Å². The molecule has 3 heteroatoms. The van der Waals surface area contributed by atoms with E-state index in [-0.39, 0.29) is 5.38 Å². The standard InChI is InChI=1S/C5H7BrCl2/c6-4-1-3(7)2-5(4)8/h3-5H,1-2H2. The average Bonchev–Trinajstić information content (AvgIpc) is 1.85. The van der Waals surface area contributed by atoms with Crippen LogP contribution in [0.3, 0.4) is 0 Å². The van der Waals surface area contributed by atoms with Gasteiger partial charge in [-0.05, 0) is 12.8 Å². The minimum absolute atomic E-state index is 0.248. The van der Waals surface area contributed by atoms with Crippen molar-refractivity contribution >= 4 is 39.1 Å². The maximum Gasteiger partial charge on any atom is 0.0475 e. The van der Waals surface area contributed by atoms with Crippen LogP contribution in [0, 0.1) is 0 Å². The molecule has 0 aromatic carbocycles. The second kappa shape index (κ2) is 2.76. The summed E-state index contributed by atoms with van der Waals surface area (Å²) < 4.78 is 0. The number of hydrogen-bond acceptors (Lipinski definition) is 0. The first kappa shape index (κ1) is 7.17. The van der Waals surface area contributed by atoms with Gasteiger partial charge in [0.15, 0.2) is 0 Å². The molecule has 0 heterocycles. The smallest absolute Gasteiger partial charge is 0.0475 e. The van der Waals surface area contributed by atoms with Crippen LogP contribution in [-0.2, 0) is 0 Å². The molecule has 1 aliphatic carbocycles. The topological polar surface area (TPSA) is 0 Å². The van der Waals surface area contributed by atoms with Gasteiger partial charge in [-0.15, -0.1) is 23.2 Å². The van der Waals surface area contributed by atoms with Gasteiger partial charge in [-0.1, -0.05) is 15.9 Å². The molecule has 0 aromatic rings. The fraction of sp³-hybridized carbons (Fsp3) is 1.00. The van der Waals surface area contributed by atoms with Gasteiger partial charge in [-0.25, -0.2) is 0 Å². The molecule has 0 aromatic heterocycles. The third-order valence-electron chi connectivity index (χ3n) is 1.35. The molecule has 48 valence electrons. The lowest BCUT2D eigenvalue weighted by atomic mass is 10.4. The van der Waals surface area contributed by atoms with Gasteiger partial charge in [0, 0.05) is 15.6 Å². The summed E-state index contributed by atoms with van der Waals surface area (Å²) in [6.07, 6.45) is 1.95. The average molecular weight is 218 g/mol. The molecule has 0 N–H and O–H groups in total. The van der Waals surface area contributed by atoms with Gasteiger partial charge in [0.05, 0.1) is 0 Å². The Morgan fingerprint density at radius 2 is 1.88 bits per heavy atom. The highest BCUT2D eigenvalue weighted by atomic mass is 79.9. The second-order valence-electron chi connectivity index (χ2n) is 2.10. The van der Waals surface area contributed by atoms with Crippen molar-refractivity contribution in [2.45, 2.75) is 28.4 Å². The van der Waals surface area contributed by atoms with E-state index >= 15 is 0 Å². The van der Waals surface area contributed by atoms with Gasteiger partial charge in [0.2, 0.25) is 0 Å². The number of alkyl halides is 3. The molecule has 8 heavy (non-hydrogen) atoms. The molecule has 0 bridgehead atoms. The van der Waals surface area contributed by atoms with Crippen LogP contribution in [0.2, 0.25) is 0 Å². The quantitative estimate of drug-likeness (QED) is 0.548. The highest BCUT2D eigenvalue weighted by molar-refractivity contribution is 9.09. The van der Waals surface area contributed by atoms with Crippen molar-refractivity contribution in [3.05, 3.63) is 0 Å². The summed E-state index contributed by atoms with van der Waals surface area (Å²) in [7, 11) is 0. The molecule has 1 aliphatic rings. The van der Waals surface area contributed by atoms with E-state index in [9.17, 15) is 0 Å². The highest BCUT2D eigenvalue weighted by Crippen LogP contribution is 2.33. The summed E-state index contributed by atoms with van der Waals surface area (Å²) in [6, 6.07) is 0. The first-order valence-corrected chi connectivity index (χ1v) is 4.41. The van der Waals surface area contributed by atoms with Crippen LogP contribution in [0.4, 0.5) is 0 Å². The lowest BCUT2D eigenvalue weighted by Crippen LogP contribution is -2.02. The van der Waals surface area contributed by atoms with Crippen LogP contribution in [0.5, 0.6) is 0 Å². The fourth-order valence-electron chi connectivity index (χ4n) is 0.880. The largest absolute Gasteiger partial charge is 0.123 e. The predicted molar refractivity (Wildman–Crippen MR) is 41.2 cm³/mol. The van der Waals surface area contributed by atoms with E-state index in [1.807, 2.05) is 0 Å². The summed E-state index contributed by atoms with van der Waals surface area (Å²) in [5.41, 5.74) is 0. The maximum atomic E-state index is 5.83. The molecule has 1 fully saturated rings. The zero-order valence-corrected chi connectivity index (χ0v) is 7.38. The molecule has 0 radical (unpaired) electrons. The molecule has 0 aliphatic heterocycles. The second-order valence-corrected chi connectivity index (χ2v) is 4.45. The van der Waals surface area contributed by atoms with Gasteiger partial charge in [0.25, 0.3) is 0 Å². The van der Waals surface area contributed by atoms with E-state index in [1.165, 1.54) is 0 Å². The molecule has 3 unspecified atom stereocenters. The van der Waals surface area contributed by atoms with E-state index in [0.29, 0.717) is 10.2 Å². The normalized spacial score (nSPS) is 47.6. The van der Waals surface area contributed by atoms with Gasteiger partial charge in [-0.2, -0.15) is 0 Å². The van der Waals surface area contributed by atoms with Crippen molar-refractivity contribution in [2.75, 3.05) is 0 Å². The van der Waals surface area contributed by atoms with E-state index in [4.69, 9.17) is 23.2 Å². The minimum atomic E-state index is 0.248. The Labute approximate surface area is 67.7 Å². The van der Waals surface area contributed by atoms with Crippen LogP contribution in [-0.4, -0.2) is 15.6 Å². The molecule has 0 saturated heterocycles. The van der Waals surface area contributed by atoms with Crippen molar-refractivity contribution in [1.29, 1.82) is 0 Å². The van der Waals surface area contributed by atoms with E-state index < -0.39 is 0 Å². The Kier molecular flexibility index (Phi) is 2.48. The molecule has 1 rings (SSSR count). The summed E-state index contributed by atoms with van der Waals surface area (Å²) in [6.45, 7) is 0. The van der Waals surface area contributed by atoms with E-state index in [0.717, 1.165) is 12.8 Å². The molecule has 0 spiro atoms. The Morgan fingerprint density at radius 3 is 2.00 bits per heavy atom. The molecule has 1 saturated carbocycles. The first-order chi connectivity index (χ1) is 3.70. The van der Waals surface area contributed by atoms with Crippen LogP contribution >= 0.6 is 39.1 Å². The molecule has 3 atom stereocenters. The summed E-state index contributed by atoms with van der Waals surface area (Å²) >= 11 is 15.0. The van der Waals surface area contributed by atoms with Gasteiger partial charge < -0.3 is 0 Å². The number of halogens is 3. The molecule has 0 nitrogen and oxygen atoms in total. The van der Waals surface area contributed by atoms with Crippen molar-refractivity contribution < 1.29 is 0 Å². The number of rotatable bonds is 0. The van der Waals surface area contributed by atoms with Crippen molar-refractivity contribution in [3.8, 4) is 0 Å². The van der Waals surface area contributed by atoms with Crippen LogP contribution in [0.25, 0.3) is 0 Å². The Bertz CT molecular complexity index is 76.5. The molecular weight excluding hydrogens is 211 g/mol. The predicted octanol–water partition coefficient (Wildman–Crippen LogP) is 2.76. The van der Waals surface area contributed by atoms with Crippen LogP contribution in [0.15, 0.2) is 0 Å². The van der Waals surface area contributed by atoms with Crippen molar-refractivity contribution in [1.82, 2.24) is 0 Å². The fourth-order valence-corrected chi connectivity index (χ4v) is 2.56. The maximum absolute atomic E-state index is 5.83. The summed E-state index contributed by atoms with van der Waals surface area (Å²) in [5, 5.41) is 0.541. The third-order valence-corrected chi connectivity index (χ3v) is 3.51. The Hall–Kier alpha value is 1.06. The molecule has 0 amide bonds. The lowest BCUT2D eigenvalue weighted by Gasteiger charge is -1.99. The van der Waals surface area contributed by atoms with E-state index in [2.05, 4.69) is 15.9 Å². The summed E-state index contributed by atoms with van der Waals surface area (Å²) in [4.78, 5) is 0.437. The first-order valence-electron chi connectivity index (χ1n) is 2.62. The van der Waals surface area contributed by atoms with Crippen LogP contribution < -0.4 is 0 Å². The SMILES string of the molecule is ClC1CC(Cl)C(Br)C1. The Balaban J connectivity index is 2.39.